The zero-order valence-corrected chi connectivity index (χ0v) is 12.8. The third-order valence-electron chi connectivity index (χ3n) is 3.06. The Kier molecular flexibility index (Phi) is 3.93. The zero-order valence-electron chi connectivity index (χ0n) is 10.4. The molecule has 18 heavy (non-hydrogen) atoms. The SMILES string of the molecule is CNc1ncc(Br)cc1S(=O)(=O)N1CCC(C)C1. The highest BCUT2D eigenvalue weighted by molar-refractivity contribution is 9.10. The van der Waals surface area contributed by atoms with E-state index < -0.39 is 10.0 Å². The van der Waals surface area contributed by atoms with Gasteiger partial charge in [-0.05, 0) is 34.3 Å². The number of sulfonamides is 1. The number of hydrogen-bond donors (Lipinski definition) is 1. The fraction of sp³-hybridized carbons (Fsp3) is 0.545. The molecule has 1 N–H and O–H groups in total. The van der Waals surface area contributed by atoms with Crippen LogP contribution in [-0.4, -0.2) is 37.8 Å². The van der Waals surface area contributed by atoms with Crippen molar-refractivity contribution >= 4 is 31.8 Å². The summed E-state index contributed by atoms with van der Waals surface area (Å²) in [5, 5.41) is 2.83. The first-order valence-corrected chi connectivity index (χ1v) is 8.02. The van der Waals surface area contributed by atoms with Crippen molar-refractivity contribution in [2.75, 3.05) is 25.5 Å². The maximum absolute atomic E-state index is 12.5. The van der Waals surface area contributed by atoms with Gasteiger partial charge in [0, 0.05) is 30.8 Å². The first-order valence-electron chi connectivity index (χ1n) is 5.78. The molecule has 0 aliphatic carbocycles. The minimum atomic E-state index is -3.46. The first kappa shape index (κ1) is 13.8. The molecule has 1 fully saturated rings. The highest BCUT2D eigenvalue weighted by Crippen LogP contribution is 2.29. The molecule has 1 unspecified atom stereocenters. The third-order valence-corrected chi connectivity index (χ3v) is 5.37. The maximum Gasteiger partial charge on any atom is 0.246 e. The van der Waals surface area contributed by atoms with Crippen molar-refractivity contribution in [2.24, 2.45) is 5.92 Å². The van der Waals surface area contributed by atoms with E-state index in [1.54, 1.807) is 19.3 Å². The lowest BCUT2D eigenvalue weighted by atomic mass is 10.2. The van der Waals surface area contributed by atoms with Gasteiger partial charge in [0.2, 0.25) is 10.0 Å². The van der Waals surface area contributed by atoms with Crippen LogP contribution in [0.15, 0.2) is 21.6 Å². The quantitative estimate of drug-likeness (QED) is 0.917. The molecule has 1 aliphatic rings. The number of halogens is 1. The van der Waals surface area contributed by atoms with E-state index in [0.29, 0.717) is 29.3 Å². The van der Waals surface area contributed by atoms with Crippen LogP contribution >= 0.6 is 15.9 Å². The Morgan fingerprint density at radius 1 is 1.56 bits per heavy atom. The Balaban J connectivity index is 2.43. The summed E-state index contributed by atoms with van der Waals surface area (Å²) in [7, 11) is -1.79. The lowest BCUT2D eigenvalue weighted by Gasteiger charge is -2.18. The number of nitrogens with zero attached hydrogens (tertiary/aromatic N) is 2. The molecule has 0 spiro atoms. The molecule has 0 saturated carbocycles. The van der Waals surface area contributed by atoms with Crippen molar-refractivity contribution in [1.29, 1.82) is 0 Å². The van der Waals surface area contributed by atoms with E-state index in [9.17, 15) is 8.42 Å². The van der Waals surface area contributed by atoms with Crippen LogP contribution in [0.1, 0.15) is 13.3 Å². The second-order valence-electron chi connectivity index (χ2n) is 4.51. The summed E-state index contributed by atoms with van der Waals surface area (Å²) in [6.45, 7) is 3.23. The summed E-state index contributed by atoms with van der Waals surface area (Å²) >= 11 is 3.27. The summed E-state index contributed by atoms with van der Waals surface area (Å²) in [6, 6.07) is 1.59. The molecule has 1 aromatic rings. The van der Waals surface area contributed by atoms with Gasteiger partial charge in [-0.3, -0.25) is 0 Å². The van der Waals surface area contributed by atoms with Gasteiger partial charge >= 0.3 is 0 Å². The van der Waals surface area contributed by atoms with Crippen LogP contribution in [0.2, 0.25) is 0 Å². The zero-order chi connectivity index (χ0) is 13.3. The van der Waals surface area contributed by atoms with Crippen LogP contribution in [0.3, 0.4) is 0 Å². The van der Waals surface area contributed by atoms with Crippen LogP contribution in [0, 0.1) is 5.92 Å². The number of rotatable bonds is 3. The highest BCUT2D eigenvalue weighted by Gasteiger charge is 2.32. The molecule has 7 heteroatoms. The van der Waals surface area contributed by atoms with E-state index in [0.717, 1.165) is 6.42 Å². The molecule has 2 rings (SSSR count). The van der Waals surface area contributed by atoms with E-state index in [4.69, 9.17) is 0 Å². The van der Waals surface area contributed by atoms with Gasteiger partial charge in [0.25, 0.3) is 0 Å². The monoisotopic (exact) mass is 333 g/mol. The van der Waals surface area contributed by atoms with Crippen molar-refractivity contribution in [2.45, 2.75) is 18.2 Å². The maximum atomic E-state index is 12.5. The van der Waals surface area contributed by atoms with Crippen molar-refractivity contribution < 1.29 is 8.42 Å². The second kappa shape index (κ2) is 5.14. The molecular weight excluding hydrogens is 318 g/mol. The minimum Gasteiger partial charge on any atom is -0.372 e. The number of nitrogens with one attached hydrogen (secondary N) is 1. The average molecular weight is 334 g/mol. The van der Waals surface area contributed by atoms with Gasteiger partial charge < -0.3 is 5.32 Å². The van der Waals surface area contributed by atoms with Crippen LogP contribution < -0.4 is 5.32 Å². The summed E-state index contributed by atoms with van der Waals surface area (Å²) in [5.74, 6) is 0.802. The number of aromatic nitrogens is 1. The lowest BCUT2D eigenvalue weighted by Crippen LogP contribution is -2.29. The van der Waals surface area contributed by atoms with Crippen LogP contribution in [0.4, 0.5) is 5.82 Å². The predicted octanol–water partition coefficient (Wildman–Crippen LogP) is 1.92. The molecule has 0 radical (unpaired) electrons. The molecule has 2 heterocycles. The molecule has 1 atom stereocenters. The molecule has 0 aromatic carbocycles. The Morgan fingerprint density at radius 2 is 2.28 bits per heavy atom. The Bertz CT molecular complexity index is 547. The molecule has 1 aromatic heterocycles. The van der Waals surface area contributed by atoms with Gasteiger partial charge in [-0.25, -0.2) is 13.4 Å². The normalized spacial score (nSPS) is 21.2. The van der Waals surface area contributed by atoms with E-state index in [1.807, 2.05) is 0 Å². The van der Waals surface area contributed by atoms with Crippen molar-refractivity contribution in [3.8, 4) is 0 Å². The predicted molar refractivity (Wildman–Crippen MR) is 74.0 cm³/mol. The van der Waals surface area contributed by atoms with Gasteiger partial charge in [-0.2, -0.15) is 4.31 Å². The van der Waals surface area contributed by atoms with E-state index in [2.05, 4.69) is 33.2 Å². The molecule has 1 aliphatic heterocycles. The molecule has 0 bridgehead atoms. The summed E-state index contributed by atoms with van der Waals surface area (Å²) in [6.07, 6.45) is 2.49. The van der Waals surface area contributed by atoms with E-state index in [-0.39, 0.29) is 4.90 Å². The van der Waals surface area contributed by atoms with Crippen molar-refractivity contribution in [1.82, 2.24) is 9.29 Å². The topological polar surface area (TPSA) is 62.3 Å². The van der Waals surface area contributed by atoms with Gasteiger partial charge in [-0.1, -0.05) is 6.92 Å². The van der Waals surface area contributed by atoms with Gasteiger partial charge in [0.15, 0.2) is 0 Å². The van der Waals surface area contributed by atoms with Gasteiger partial charge in [0.05, 0.1) is 0 Å². The minimum absolute atomic E-state index is 0.230. The number of anilines is 1. The molecule has 1 saturated heterocycles. The number of hydrogen-bond acceptors (Lipinski definition) is 4. The summed E-state index contributed by atoms with van der Waals surface area (Å²) in [5.41, 5.74) is 0. The fourth-order valence-corrected chi connectivity index (χ4v) is 4.29. The van der Waals surface area contributed by atoms with E-state index >= 15 is 0 Å². The van der Waals surface area contributed by atoms with Gasteiger partial charge in [0.1, 0.15) is 10.7 Å². The Labute approximate surface area is 116 Å². The second-order valence-corrected chi connectivity index (χ2v) is 7.33. The first-order chi connectivity index (χ1) is 8.45. The smallest absolute Gasteiger partial charge is 0.246 e. The Hall–Kier alpha value is -0.660. The lowest BCUT2D eigenvalue weighted by molar-refractivity contribution is 0.464. The van der Waals surface area contributed by atoms with Crippen LogP contribution in [0.5, 0.6) is 0 Å². The summed E-state index contributed by atoms with van der Waals surface area (Å²) in [4.78, 5) is 4.32. The van der Waals surface area contributed by atoms with Crippen molar-refractivity contribution in [3.63, 3.8) is 0 Å². The van der Waals surface area contributed by atoms with Gasteiger partial charge in [-0.15, -0.1) is 0 Å². The molecule has 5 nitrogen and oxygen atoms in total. The standard InChI is InChI=1S/C11H16BrN3O2S/c1-8-3-4-15(7-8)18(16,17)10-5-9(12)6-14-11(10)13-2/h5-6,8H,3-4,7H2,1-2H3,(H,13,14). The van der Waals surface area contributed by atoms with Crippen molar-refractivity contribution in [3.05, 3.63) is 16.7 Å². The average Bonchev–Trinajstić information content (AvgIpc) is 2.76. The van der Waals surface area contributed by atoms with Crippen LogP contribution in [0.25, 0.3) is 0 Å². The van der Waals surface area contributed by atoms with Crippen LogP contribution in [-0.2, 0) is 10.0 Å². The third kappa shape index (κ3) is 2.53. The highest BCUT2D eigenvalue weighted by atomic mass is 79.9. The number of pyridine rings is 1. The fourth-order valence-electron chi connectivity index (χ4n) is 2.06. The Morgan fingerprint density at radius 3 is 2.83 bits per heavy atom. The molecule has 100 valence electrons. The largest absolute Gasteiger partial charge is 0.372 e. The molecular formula is C11H16BrN3O2S. The van der Waals surface area contributed by atoms with E-state index in [1.165, 1.54) is 4.31 Å². The molecule has 0 amide bonds. The summed E-state index contributed by atoms with van der Waals surface area (Å²) < 4.78 is 27.3.